The predicted molar refractivity (Wildman–Crippen MR) is 122 cm³/mol. The number of pyridine rings is 1. The van der Waals surface area contributed by atoms with E-state index in [-0.39, 0.29) is 11.8 Å². The van der Waals surface area contributed by atoms with Crippen molar-refractivity contribution in [2.45, 2.75) is 58.3 Å². The van der Waals surface area contributed by atoms with Crippen LogP contribution in [0.5, 0.6) is 0 Å². The maximum atomic E-state index is 13.5. The quantitative estimate of drug-likeness (QED) is 0.643. The summed E-state index contributed by atoms with van der Waals surface area (Å²) in [6.45, 7) is 5.38. The molecule has 1 aliphatic carbocycles. The normalized spacial score (nSPS) is 18.3. The Morgan fingerprint density at radius 1 is 1.12 bits per heavy atom. The number of amides is 1. The second-order valence-corrected chi connectivity index (χ2v) is 8.85. The third kappa shape index (κ3) is 4.11. The van der Waals surface area contributed by atoms with E-state index in [0.29, 0.717) is 12.5 Å². The van der Waals surface area contributed by atoms with Gasteiger partial charge in [0.05, 0.1) is 5.56 Å². The summed E-state index contributed by atoms with van der Waals surface area (Å²) >= 11 is 0. The number of nitrogens with zero attached hydrogens (tertiary/aromatic N) is 4. The second kappa shape index (κ2) is 8.73. The molecule has 4 heterocycles. The van der Waals surface area contributed by atoms with Crippen LogP contribution in [-0.2, 0) is 12.8 Å². The second-order valence-electron chi connectivity index (χ2n) is 8.85. The first-order valence-electron chi connectivity index (χ1n) is 11.5. The molecule has 3 aromatic heterocycles. The predicted octanol–water partition coefficient (Wildman–Crippen LogP) is 4.72. The lowest BCUT2D eigenvalue weighted by atomic mass is 9.91. The van der Waals surface area contributed by atoms with E-state index in [0.717, 1.165) is 84.8 Å². The molecule has 1 aliphatic heterocycles. The monoisotopic (exact) mass is 431 g/mol. The van der Waals surface area contributed by atoms with Crippen LogP contribution in [0.2, 0.25) is 0 Å². The van der Waals surface area contributed by atoms with Gasteiger partial charge in [-0.3, -0.25) is 9.78 Å². The smallest absolute Gasteiger partial charge is 0.257 e. The molecule has 0 bridgehead atoms. The molecule has 1 N–H and O–H groups in total. The fourth-order valence-corrected chi connectivity index (χ4v) is 5.01. The van der Waals surface area contributed by atoms with E-state index in [4.69, 9.17) is 9.40 Å². The van der Waals surface area contributed by atoms with E-state index < -0.39 is 0 Å². The molecule has 0 saturated carbocycles. The highest BCUT2D eigenvalue weighted by Gasteiger charge is 2.32. The van der Waals surface area contributed by atoms with Crippen molar-refractivity contribution in [2.24, 2.45) is 0 Å². The molecule has 7 heteroatoms. The van der Waals surface area contributed by atoms with E-state index in [9.17, 15) is 4.79 Å². The average molecular weight is 432 g/mol. The van der Waals surface area contributed by atoms with Gasteiger partial charge in [-0.1, -0.05) is 0 Å². The number of likely N-dealkylation sites (tertiary alicyclic amines) is 1. The number of aromatic nitrogens is 3. The van der Waals surface area contributed by atoms with Gasteiger partial charge < -0.3 is 14.6 Å². The number of furan rings is 1. The summed E-state index contributed by atoms with van der Waals surface area (Å²) in [4.78, 5) is 28.8. The van der Waals surface area contributed by atoms with Gasteiger partial charge in [-0.25, -0.2) is 9.97 Å². The molecule has 1 fully saturated rings. The fourth-order valence-electron chi connectivity index (χ4n) is 5.01. The van der Waals surface area contributed by atoms with Gasteiger partial charge >= 0.3 is 0 Å². The van der Waals surface area contributed by atoms with E-state index in [1.54, 1.807) is 18.5 Å². The van der Waals surface area contributed by atoms with Gasteiger partial charge in [-0.2, -0.15) is 0 Å². The summed E-state index contributed by atoms with van der Waals surface area (Å²) in [5.41, 5.74) is 4.81. The summed E-state index contributed by atoms with van der Waals surface area (Å²) in [5.74, 6) is 2.66. The lowest BCUT2D eigenvalue weighted by molar-refractivity contribution is 0.0703. The SMILES string of the molecule is Cc1cc(Nc2ncccn2)cc([C@@H]2CCCN(C(=O)c3c(C)oc4c3CCCC4)C2)n1. The number of aryl methyl sites for hydroxylation is 3. The third-order valence-corrected chi connectivity index (χ3v) is 6.48. The molecule has 1 saturated heterocycles. The Balaban J connectivity index is 1.36. The van der Waals surface area contributed by atoms with Crippen molar-refractivity contribution in [3.8, 4) is 0 Å². The number of rotatable bonds is 4. The largest absolute Gasteiger partial charge is 0.465 e. The van der Waals surface area contributed by atoms with Gasteiger partial charge in [0.1, 0.15) is 11.5 Å². The Bertz CT molecular complexity index is 1120. The Hall–Kier alpha value is -3.22. The summed E-state index contributed by atoms with van der Waals surface area (Å²) in [6, 6.07) is 5.85. The molecular formula is C25H29N5O2. The highest BCUT2D eigenvalue weighted by molar-refractivity contribution is 5.97. The molecule has 5 rings (SSSR count). The number of hydrogen-bond donors (Lipinski definition) is 1. The van der Waals surface area contributed by atoms with Crippen molar-refractivity contribution in [1.82, 2.24) is 19.9 Å². The number of carbonyl (C=O) groups is 1. The van der Waals surface area contributed by atoms with Crippen molar-refractivity contribution in [1.29, 1.82) is 0 Å². The minimum atomic E-state index is 0.114. The topological polar surface area (TPSA) is 84.2 Å². The van der Waals surface area contributed by atoms with Gasteiger partial charge in [-0.05, 0) is 64.2 Å². The Morgan fingerprint density at radius 2 is 1.94 bits per heavy atom. The first-order chi connectivity index (χ1) is 15.6. The molecule has 166 valence electrons. The van der Waals surface area contributed by atoms with Crippen molar-refractivity contribution in [3.05, 3.63) is 64.6 Å². The number of fused-ring (bicyclic) bond motifs is 1. The molecule has 0 spiro atoms. The Kier molecular flexibility index (Phi) is 5.64. The number of carbonyl (C=O) groups excluding carboxylic acids is 1. The Labute approximate surface area is 188 Å². The number of nitrogens with one attached hydrogen (secondary N) is 1. The first-order valence-corrected chi connectivity index (χ1v) is 11.5. The lowest BCUT2D eigenvalue weighted by Gasteiger charge is -2.33. The number of hydrogen-bond acceptors (Lipinski definition) is 6. The third-order valence-electron chi connectivity index (χ3n) is 6.48. The first kappa shape index (κ1) is 20.7. The van der Waals surface area contributed by atoms with Gasteiger partial charge in [0.2, 0.25) is 5.95 Å². The molecule has 0 aromatic carbocycles. The van der Waals surface area contributed by atoms with Crippen LogP contribution < -0.4 is 5.32 Å². The van der Waals surface area contributed by atoms with Crippen LogP contribution in [0, 0.1) is 13.8 Å². The van der Waals surface area contributed by atoms with Crippen LogP contribution in [0.3, 0.4) is 0 Å². The van der Waals surface area contributed by atoms with Crippen LogP contribution in [-0.4, -0.2) is 38.8 Å². The van der Waals surface area contributed by atoms with Gasteiger partial charge in [0.15, 0.2) is 0 Å². The van der Waals surface area contributed by atoms with Crippen molar-refractivity contribution >= 4 is 17.5 Å². The molecule has 2 aliphatic rings. The standard InChI is InChI=1S/C25H29N5O2/c1-16-13-19(29-25-26-10-6-11-27-25)14-21(28-16)18-7-5-12-30(15-18)24(31)23-17(2)32-22-9-4-3-8-20(22)23/h6,10-11,13-14,18H,3-5,7-9,12,15H2,1-2H3,(H,26,27,28,29)/t18-/m1/s1. The number of anilines is 2. The van der Waals surface area contributed by atoms with E-state index in [1.165, 1.54) is 0 Å². The zero-order valence-corrected chi connectivity index (χ0v) is 18.7. The zero-order chi connectivity index (χ0) is 22.1. The van der Waals surface area contributed by atoms with Crippen molar-refractivity contribution < 1.29 is 9.21 Å². The molecule has 1 amide bonds. The number of piperidine rings is 1. The summed E-state index contributed by atoms with van der Waals surface area (Å²) in [5, 5.41) is 3.27. The van der Waals surface area contributed by atoms with Crippen molar-refractivity contribution in [2.75, 3.05) is 18.4 Å². The van der Waals surface area contributed by atoms with Crippen molar-refractivity contribution in [3.63, 3.8) is 0 Å². The minimum absolute atomic E-state index is 0.114. The highest BCUT2D eigenvalue weighted by atomic mass is 16.3. The van der Waals surface area contributed by atoms with Crippen LogP contribution >= 0.6 is 0 Å². The van der Waals surface area contributed by atoms with Crippen LogP contribution in [0.4, 0.5) is 11.6 Å². The maximum Gasteiger partial charge on any atom is 0.257 e. The maximum absolute atomic E-state index is 13.5. The summed E-state index contributed by atoms with van der Waals surface area (Å²) in [7, 11) is 0. The molecular weight excluding hydrogens is 402 g/mol. The van der Waals surface area contributed by atoms with Gasteiger partial charge in [-0.15, -0.1) is 0 Å². The summed E-state index contributed by atoms with van der Waals surface area (Å²) in [6.07, 6.45) is 9.57. The van der Waals surface area contributed by atoms with E-state index in [2.05, 4.69) is 21.4 Å². The highest BCUT2D eigenvalue weighted by Crippen LogP contribution is 2.33. The lowest BCUT2D eigenvalue weighted by Crippen LogP contribution is -2.40. The molecule has 32 heavy (non-hydrogen) atoms. The van der Waals surface area contributed by atoms with E-state index in [1.807, 2.05) is 24.8 Å². The van der Waals surface area contributed by atoms with Gasteiger partial charge in [0, 0.05) is 60.5 Å². The van der Waals surface area contributed by atoms with Crippen LogP contribution in [0.25, 0.3) is 0 Å². The molecule has 1 atom stereocenters. The Morgan fingerprint density at radius 3 is 2.78 bits per heavy atom. The van der Waals surface area contributed by atoms with Crippen LogP contribution in [0.15, 0.2) is 35.0 Å². The molecule has 0 unspecified atom stereocenters. The average Bonchev–Trinajstić information content (AvgIpc) is 3.14. The summed E-state index contributed by atoms with van der Waals surface area (Å²) < 4.78 is 5.97. The van der Waals surface area contributed by atoms with Crippen LogP contribution in [0.1, 0.15) is 70.4 Å². The minimum Gasteiger partial charge on any atom is -0.465 e. The van der Waals surface area contributed by atoms with E-state index >= 15 is 0 Å². The molecule has 3 aromatic rings. The molecule has 7 nitrogen and oxygen atoms in total. The van der Waals surface area contributed by atoms with Gasteiger partial charge in [0.25, 0.3) is 5.91 Å². The molecule has 0 radical (unpaired) electrons. The zero-order valence-electron chi connectivity index (χ0n) is 18.7. The fraction of sp³-hybridized carbons (Fsp3) is 0.440.